The van der Waals surface area contributed by atoms with E-state index < -0.39 is 20.7 Å². The fourth-order valence-electron chi connectivity index (χ4n) is 3.26. The number of fused-ring (bicyclic) bond motifs is 1. The SMILES string of the molecule is Cc1nc2c(NS(=O)(=O)C3(C)C=CC(Oc4ccncc4)=CC3)c(C(=O)O)cnc2n1C. The molecule has 1 atom stereocenters. The number of carbonyl (C=O) groups is 1. The number of nitrogens with zero attached hydrogens (tertiary/aromatic N) is 4. The number of nitrogens with one attached hydrogen (secondary N) is 1. The van der Waals surface area contributed by atoms with Gasteiger partial charge in [0.1, 0.15) is 33.2 Å². The van der Waals surface area contributed by atoms with E-state index in [0.717, 1.165) is 6.20 Å². The van der Waals surface area contributed by atoms with E-state index in [-0.39, 0.29) is 23.2 Å². The van der Waals surface area contributed by atoms with Crippen LogP contribution < -0.4 is 9.46 Å². The van der Waals surface area contributed by atoms with Gasteiger partial charge in [-0.25, -0.2) is 23.2 Å². The Morgan fingerprint density at radius 2 is 2.03 bits per heavy atom. The van der Waals surface area contributed by atoms with Crippen LogP contribution in [0.1, 0.15) is 29.5 Å². The fourth-order valence-corrected chi connectivity index (χ4v) is 4.52. The van der Waals surface area contributed by atoms with Crippen molar-refractivity contribution in [2.45, 2.75) is 25.0 Å². The standard InChI is InChI=1S/C21H21N5O5S/c1-13-24-18-17(16(20(27)28)12-23-19(18)26(13)3)25-32(29,30)21(2)8-4-14(5-9-21)31-15-6-10-22-11-7-15/h4-8,10-12H,9H2,1-3H3,(H,23,25)(H,27,28). The van der Waals surface area contributed by atoms with Crippen LogP contribution in [0.25, 0.3) is 11.2 Å². The van der Waals surface area contributed by atoms with E-state index in [0.29, 0.717) is 23.0 Å². The first-order valence-corrected chi connectivity index (χ1v) is 11.1. The van der Waals surface area contributed by atoms with Crippen LogP contribution in [-0.4, -0.2) is 43.8 Å². The molecule has 1 unspecified atom stereocenters. The molecule has 2 N–H and O–H groups in total. The number of aromatic nitrogens is 4. The maximum atomic E-state index is 13.4. The summed E-state index contributed by atoms with van der Waals surface area (Å²) in [6.07, 6.45) is 9.21. The molecule has 0 fully saturated rings. The van der Waals surface area contributed by atoms with Crippen LogP contribution in [0.3, 0.4) is 0 Å². The van der Waals surface area contributed by atoms with Gasteiger partial charge in [-0.2, -0.15) is 0 Å². The number of allylic oxidation sites excluding steroid dienone is 2. The summed E-state index contributed by atoms with van der Waals surface area (Å²) < 4.78 is 35.2. The topological polar surface area (TPSA) is 136 Å². The van der Waals surface area contributed by atoms with Crippen LogP contribution in [0, 0.1) is 6.92 Å². The van der Waals surface area contributed by atoms with Crippen molar-refractivity contribution in [1.29, 1.82) is 0 Å². The second-order valence-corrected chi connectivity index (χ2v) is 9.73. The lowest BCUT2D eigenvalue weighted by Gasteiger charge is -2.28. The van der Waals surface area contributed by atoms with Gasteiger partial charge in [-0.1, -0.05) is 6.08 Å². The molecule has 0 bridgehead atoms. The Balaban J connectivity index is 1.66. The van der Waals surface area contributed by atoms with Crippen LogP contribution in [0.5, 0.6) is 5.75 Å². The fraction of sp³-hybridized carbons (Fsp3) is 0.238. The third-order valence-electron chi connectivity index (χ3n) is 5.39. The third-order valence-corrected chi connectivity index (χ3v) is 7.39. The highest BCUT2D eigenvalue weighted by Gasteiger charge is 2.39. The molecule has 11 heteroatoms. The van der Waals surface area contributed by atoms with Crippen molar-refractivity contribution < 1.29 is 23.1 Å². The second kappa shape index (κ2) is 7.75. The van der Waals surface area contributed by atoms with Crippen molar-refractivity contribution in [3.8, 4) is 5.75 Å². The molecule has 0 radical (unpaired) electrons. The summed E-state index contributed by atoms with van der Waals surface area (Å²) in [6, 6.07) is 3.38. The predicted molar refractivity (Wildman–Crippen MR) is 118 cm³/mol. The van der Waals surface area contributed by atoms with Gasteiger partial charge in [-0.05, 0) is 44.6 Å². The first kappa shape index (κ1) is 21.5. The third kappa shape index (κ3) is 3.71. The number of carboxylic acid groups (broad SMARTS) is 1. The molecule has 3 aromatic rings. The number of hydrogen-bond acceptors (Lipinski definition) is 7. The highest BCUT2D eigenvalue weighted by atomic mass is 32.2. The predicted octanol–water partition coefficient (Wildman–Crippen LogP) is 2.79. The molecule has 166 valence electrons. The van der Waals surface area contributed by atoms with E-state index in [9.17, 15) is 18.3 Å². The molecular formula is C21H21N5O5S. The first-order valence-electron chi connectivity index (χ1n) is 9.66. The van der Waals surface area contributed by atoms with Crippen LogP contribution >= 0.6 is 0 Å². The maximum absolute atomic E-state index is 13.4. The van der Waals surface area contributed by atoms with E-state index >= 15 is 0 Å². The number of imidazole rings is 1. The summed E-state index contributed by atoms with van der Waals surface area (Å²) in [5.41, 5.74) is 0.167. The zero-order chi connectivity index (χ0) is 23.1. The summed E-state index contributed by atoms with van der Waals surface area (Å²) >= 11 is 0. The number of pyridine rings is 2. The molecule has 0 saturated heterocycles. The van der Waals surface area contributed by atoms with Crippen molar-refractivity contribution in [2.75, 3.05) is 4.72 Å². The minimum Gasteiger partial charge on any atom is -0.478 e. The van der Waals surface area contributed by atoms with Gasteiger partial charge in [0.05, 0.1) is 5.69 Å². The molecule has 1 aliphatic rings. The van der Waals surface area contributed by atoms with E-state index in [1.54, 1.807) is 62.1 Å². The maximum Gasteiger partial charge on any atom is 0.339 e. The van der Waals surface area contributed by atoms with Crippen molar-refractivity contribution in [3.05, 3.63) is 66.1 Å². The average molecular weight is 455 g/mol. The van der Waals surface area contributed by atoms with Gasteiger partial charge in [-0.3, -0.25) is 9.71 Å². The van der Waals surface area contributed by atoms with Gasteiger partial charge < -0.3 is 14.4 Å². The lowest BCUT2D eigenvalue weighted by atomic mass is 10.0. The number of hydrogen-bond donors (Lipinski definition) is 2. The largest absolute Gasteiger partial charge is 0.478 e. The number of rotatable bonds is 6. The van der Waals surface area contributed by atoms with E-state index in [4.69, 9.17) is 4.74 Å². The second-order valence-electron chi connectivity index (χ2n) is 7.59. The van der Waals surface area contributed by atoms with Gasteiger partial charge in [0.15, 0.2) is 5.65 Å². The Morgan fingerprint density at radius 3 is 2.66 bits per heavy atom. The van der Waals surface area contributed by atoms with Crippen molar-refractivity contribution in [3.63, 3.8) is 0 Å². The highest BCUT2D eigenvalue weighted by molar-refractivity contribution is 7.94. The minimum atomic E-state index is -4.07. The van der Waals surface area contributed by atoms with E-state index in [1.807, 2.05) is 0 Å². The Bertz CT molecular complexity index is 1380. The molecule has 0 aromatic carbocycles. The molecule has 0 aliphatic heterocycles. The molecule has 4 rings (SSSR count). The summed E-state index contributed by atoms with van der Waals surface area (Å²) in [4.78, 5) is 24.1. The molecular weight excluding hydrogens is 434 g/mol. The molecule has 0 amide bonds. The number of sulfonamides is 1. The average Bonchev–Trinajstić information content (AvgIpc) is 3.05. The number of aryl methyl sites for hydroxylation is 2. The van der Waals surface area contributed by atoms with E-state index in [1.165, 1.54) is 6.08 Å². The number of ether oxygens (including phenoxy) is 1. The van der Waals surface area contributed by atoms with Crippen LogP contribution in [-0.2, 0) is 17.1 Å². The Hall–Kier alpha value is -3.73. The zero-order valence-electron chi connectivity index (χ0n) is 17.6. The van der Waals surface area contributed by atoms with Crippen LogP contribution in [0.2, 0.25) is 0 Å². The monoisotopic (exact) mass is 455 g/mol. The van der Waals surface area contributed by atoms with Crippen molar-refractivity contribution >= 4 is 32.8 Å². The Labute approximate surface area is 184 Å². The number of anilines is 1. The van der Waals surface area contributed by atoms with Gasteiger partial charge >= 0.3 is 5.97 Å². The lowest BCUT2D eigenvalue weighted by Crippen LogP contribution is -2.39. The Kier molecular flexibility index (Phi) is 5.21. The molecule has 32 heavy (non-hydrogen) atoms. The van der Waals surface area contributed by atoms with E-state index in [2.05, 4.69) is 19.7 Å². The Morgan fingerprint density at radius 1 is 1.31 bits per heavy atom. The smallest absolute Gasteiger partial charge is 0.339 e. The van der Waals surface area contributed by atoms with Gasteiger partial charge in [0.25, 0.3) is 0 Å². The summed E-state index contributed by atoms with van der Waals surface area (Å²) in [7, 11) is -2.35. The minimum absolute atomic E-state index is 0.108. The number of aromatic carboxylic acids is 1. The molecule has 3 aromatic heterocycles. The van der Waals surface area contributed by atoms with Crippen molar-refractivity contribution in [2.24, 2.45) is 7.05 Å². The van der Waals surface area contributed by atoms with Gasteiger partial charge in [0.2, 0.25) is 10.0 Å². The first-order chi connectivity index (χ1) is 15.1. The summed E-state index contributed by atoms with van der Waals surface area (Å²) in [6.45, 7) is 3.27. The molecule has 10 nitrogen and oxygen atoms in total. The molecule has 0 saturated carbocycles. The molecule has 1 aliphatic carbocycles. The molecule has 0 spiro atoms. The summed E-state index contributed by atoms with van der Waals surface area (Å²) in [5, 5.41) is 9.59. The lowest BCUT2D eigenvalue weighted by molar-refractivity contribution is 0.0697. The normalized spacial score (nSPS) is 18.4. The van der Waals surface area contributed by atoms with Crippen LogP contribution in [0.15, 0.2) is 54.7 Å². The summed E-state index contributed by atoms with van der Waals surface area (Å²) in [5.74, 6) is 0.343. The van der Waals surface area contributed by atoms with Gasteiger partial charge in [0, 0.05) is 25.6 Å². The van der Waals surface area contributed by atoms with Gasteiger partial charge in [-0.15, -0.1) is 0 Å². The quantitative estimate of drug-likeness (QED) is 0.579. The number of carboxylic acids is 1. The van der Waals surface area contributed by atoms with Crippen LogP contribution in [0.4, 0.5) is 5.69 Å². The highest BCUT2D eigenvalue weighted by Crippen LogP contribution is 2.34. The van der Waals surface area contributed by atoms with Crippen molar-refractivity contribution in [1.82, 2.24) is 19.5 Å². The molecule has 3 heterocycles. The zero-order valence-corrected chi connectivity index (χ0v) is 18.4.